The van der Waals surface area contributed by atoms with Crippen LogP contribution in [-0.2, 0) is 9.84 Å². The largest absolute Gasteiger partial charge is 0.282 e. The number of rotatable bonds is 4. The number of alkyl halides is 2. The van der Waals surface area contributed by atoms with Gasteiger partial charge in [-0.2, -0.15) is 5.10 Å². The van der Waals surface area contributed by atoms with Crippen LogP contribution in [0.3, 0.4) is 0 Å². The molecule has 9 heteroatoms. The average molecular weight is 445 g/mol. The lowest BCUT2D eigenvalue weighted by Crippen LogP contribution is -2.03. The van der Waals surface area contributed by atoms with Gasteiger partial charge in [0.1, 0.15) is 16.4 Å². The van der Waals surface area contributed by atoms with Crippen LogP contribution in [0.2, 0.25) is 0 Å². The molecule has 0 atom stereocenters. The van der Waals surface area contributed by atoms with Crippen LogP contribution in [-0.4, -0.2) is 24.5 Å². The molecular weight excluding hydrogens is 433 g/mol. The van der Waals surface area contributed by atoms with Crippen LogP contribution in [0.1, 0.15) is 12.1 Å². The van der Waals surface area contributed by atoms with Crippen molar-refractivity contribution in [3.05, 3.63) is 64.5 Å². The first-order valence-electron chi connectivity index (χ1n) is 7.31. The maximum absolute atomic E-state index is 14.2. The Bertz CT molecular complexity index is 1080. The molecule has 0 fully saturated rings. The molecule has 0 radical (unpaired) electrons. The predicted molar refractivity (Wildman–Crippen MR) is 94.7 cm³/mol. The SMILES string of the molecule is CS(=O)(=O)c1ccc(-c2cc(C(F)F)nn2-c2cccc(Br)c2)cc1F. The van der Waals surface area contributed by atoms with E-state index in [0.717, 1.165) is 24.5 Å². The van der Waals surface area contributed by atoms with Crippen molar-refractivity contribution in [2.24, 2.45) is 0 Å². The first kappa shape index (κ1) is 18.7. The topological polar surface area (TPSA) is 52.0 Å². The van der Waals surface area contributed by atoms with E-state index in [9.17, 15) is 21.6 Å². The lowest BCUT2D eigenvalue weighted by atomic mass is 10.1. The van der Waals surface area contributed by atoms with Gasteiger partial charge in [0.15, 0.2) is 9.84 Å². The molecule has 1 aromatic heterocycles. The van der Waals surface area contributed by atoms with Crippen LogP contribution in [0.15, 0.2) is 57.9 Å². The number of hydrogen-bond acceptors (Lipinski definition) is 3. The predicted octanol–water partition coefficient (Wildman–Crippen LogP) is 4.78. The van der Waals surface area contributed by atoms with Gasteiger partial charge in [0, 0.05) is 16.3 Å². The van der Waals surface area contributed by atoms with E-state index in [1.54, 1.807) is 24.3 Å². The van der Waals surface area contributed by atoms with Gasteiger partial charge >= 0.3 is 0 Å². The summed E-state index contributed by atoms with van der Waals surface area (Å²) >= 11 is 3.30. The van der Waals surface area contributed by atoms with E-state index in [-0.39, 0.29) is 11.3 Å². The van der Waals surface area contributed by atoms with Crippen LogP contribution in [0, 0.1) is 5.82 Å². The second kappa shape index (κ2) is 6.88. The highest BCUT2D eigenvalue weighted by atomic mass is 79.9. The Balaban J connectivity index is 2.20. The van der Waals surface area contributed by atoms with Crippen molar-refractivity contribution >= 4 is 25.8 Å². The summed E-state index contributed by atoms with van der Waals surface area (Å²) in [6.07, 6.45) is -1.91. The maximum Gasteiger partial charge on any atom is 0.282 e. The van der Waals surface area contributed by atoms with E-state index < -0.39 is 32.7 Å². The molecule has 136 valence electrons. The molecule has 1 heterocycles. The van der Waals surface area contributed by atoms with Gasteiger partial charge in [-0.1, -0.05) is 28.1 Å². The molecule has 0 amide bonds. The standard InChI is InChI=1S/C17H12BrF3N2O2S/c1-26(24,25)16-6-5-10(7-13(16)19)15-9-14(17(20)21)22-23(15)12-4-2-3-11(18)8-12/h2-9,17H,1H3. The molecule has 0 spiro atoms. The normalized spacial score (nSPS) is 11.9. The second-order valence-electron chi connectivity index (χ2n) is 5.56. The highest BCUT2D eigenvalue weighted by Gasteiger charge is 2.20. The summed E-state index contributed by atoms with van der Waals surface area (Å²) in [6.45, 7) is 0. The van der Waals surface area contributed by atoms with E-state index in [2.05, 4.69) is 21.0 Å². The summed E-state index contributed by atoms with van der Waals surface area (Å²) in [4.78, 5) is -0.455. The average Bonchev–Trinajstić information content (AvgIpc) is 2.99. The molecule has 0 N–H and O–H groups in total. The highest BCUT2D eigenvalue weighted by Crippen LogP contribution is 2.30. The molecule has 26 heavy (non-hydrogen) atoms. The molecule has 0 saturated heterocycles. The number of hydrogen-bond donors (Lipinski definition) is 0. The summed E-state index contributed by atoms with van der Waals surface area (Å²) in [6, 6.07) is 11.4. The monoisotopic (exact) mass is 444 g/mol. The molecule has 2 aromatic carbocycles. The van der Waals surface area contributed by atoms with E-state index in [1.165, 1.54) is 10.7 Å². The van der Waals surface area contributed by atoms with Crippen LogP contribution < -0.4 is 0 Å². The number of aromatic nitrogens is 2. The van der Waals surface area contributed by atoms with Gasteiger partial charge in [0.2, 0.25) is 0 Å². The van der Waals surface area contributed by atoms with Crippen LogP contribution in [0.25, 0.3) is 16.9 Å². The summed E-state index contributed by atoms with van der Waals surface area (Å²) < 4.78 is 65.6. The maximum atomic E-state index is 14.2. The summed E-state index contributed by atoms with van der Waals surface area (Å²) in [5.41, 5.74) is 0.480. The fourth-order valence-electron chi connectivity index (χ4n) is 2.48. The Morgan fingerprint density at radius 1 is 1.12 bits per heavy atom. The Labute approximate surface area is 156 Å². The smallest absolute Gasteiger partial charge is 0.233 e. The lowest BCUT2D eigenvalue weighted by molar-refractivity contribution is 0.145. The van der Waals surface area contributed by atoms with E-state index >= 15 is 0 Å². The molecular formula is C17H12BrF3N2O2S. The van der Waals surface area contributed by atoms with Crippen molar-refractivity contribution in [1.29, 1.82) is 0 Å². The lowest BCUT2D eigenvalue weighted by Gasteiger charge is -2.09. The third kappa shape index (κ3) is 3.68. The quantitative estimate of drug-likeness (QED) is 0.581. The third-order valence-electron chi connectivity index (χ3n) is 3.63. The van der Waals surface area contributed by atoms with Crippen molar-refractivity contribution in [2.45, 2.75) is 11.3 Å². The summed E-state index contributed by atoms with van der Waals surface area (Å²) in [5, 5.41) is 3.90. The Kier molecular flexibility index (Phi) is 4.94. The van der Waals surface area contributed by atoms with Gasteiger partial charge in [0.05, 0.1) is 11.4 Å². The molecule has 0 aliphatic carbocycles. The fraction of sp³-hybridized carbons (Fsp3) is 0.118. The molecule has 3 rings (SSSR count). The highest BCUT2D eigenvalue weighted by molar-refractivity contribution is 9.10. The van der Waals surface area contributed by atoms with Gasteiger partial charge in [-0.15, -0.1) is 0 Å². The Morgan fingerprint density at radius 2 is 1.85 bits per heavy atom. The third-order valence-corrected chi connectivity index (χ3v) is 5.26. The van der Waals surface area contributed by atoms with Crippen LogP contribution in [0.5, 0.6) is 0 Å². The van der Waals surface area contributed by atoms with Gasteiger partial charge in [0.25, 0.3) is 6.43 Å². The minimum atomic E-state index is -3.73. The van der Waals surface area contributed by atoms with Crippen molar-refractivity contribution in [2.75, 3.05) is 6.26 Å². The number of sulfone groups is 1. The number of halogens is 4. The summed E-state index contributed by atoms with van der Waals surface area (Å²) in [5.74, 6) is -0.953. The minimum Gasteiger partial charge on any atom is -0.233 e. The molecule has 0 unspecified atom stereocenters. The van der Waals surface area contributed by atoms with Crippen LogP contribution in [0.4, 0.5) is 13.2 Å². The number of nitrogens with zero attached hydrogens (tertiary/aromatic N) is 2. The first-order valence-corrected chi connectivity index (χ1v) is 9.99. The zero-order valence-electron chi connectivity index (χ0n) is 13.3. The molecule has 0 aliphatic heterocycles. The minimum absolute atomic E-state index is 0.220. The van der Waals surface area contributed by atoms with E-state index in [1.807, 2.05) is 0 Å². The summed E-state index contributed by atoms with van der Waals surface area (Å²) in [7, 11) is -3.73. The molecule has 3 aromatic rings. The van der Waals surface area contributed by atoms with Crippen molar-refractivity contribution in [3.63, 3.8) is 0 Å². The molecule has 0 saturated carbocycles. The van der Waals surface area contributed by atoms with Crippen molar-refractivity contribution < 1.29 is 21.6 Å². The zero-order chi connectivity index (χ0) is 19.1. The van der Waals surface area contributed by atoms with Gasteiger partial charge in [-0.3, -0.25) is 0 Å². The zero-order valence-corrected chi connectivity index (χ0v) is 15.7. The second-order valence-corrected chi connectivity index (χ2v) is 8.46. The Hall–Kier alpha value is -2.13. The fourth-order valence-corrected chi connectivity index (χ4v) is 3.59. The van der Waals surface area contributed by atoms with Gasteiger partial charge in [-0.25, -0.2) is 26.3 Å². The van der Waals surface area contributed by atoms with Gasteiger partial charge < -0.3 is 0 Å². The number of benzene rings is 2. The van der Waals surface area contributed by atoms with E-state index in [4.69, 9.17) is 0 Å². The molecule has 4 nitrogen and oxygen atoms in total. The first-order chi connectivity index (χ1) is 12.2. The van der Waals surface area contributed by atoms with Crippen molar-refractivity contribution in [1.82, 2.24) is 9.78 Å². The van der Waals surface area contributed by atoms with E-state index in [0.29, 0.717) is 10.2 Å². The van der Waals surface area contributed by atoms with Gasteiger partial charge in [-0.05, 0) is 36.4 Å². The van der Waals surface area contributed by atoms with Crippen LogP contribution >= 0.6 is 15.9 Å². The molecule has 0 bridgehead atoms. The van der Waals surface area contributed by atoms with Crippen molar-refractivity contribution in [3.8, 4) is 16.9 Å². The Morgan fingerprint density at radius 3 is 2.42 bits per heavy atom. The molecule has 0 aliphatic rings.